The lowest BCUT2D eigenvalue weighted by atomic mass is 9.98. The van der Waals surface area contributed by atoms with Crippen molar-refractivity contribution in [3.05, 3.63) is 61.8 Å². The Balaban J connectivity index is 1.79. The molecule has 1 aromatic carbocycles. The number of hydrogen-bond acceptors (Lipinski definition) is 7. The maximum atomic E-state index is 13.6. The van der Waals surface area contributed by atoms with Crippen molar-refractivity contribution in [2.45, 2.75) is 59.5 Å². The average Bonchev–Trinajstić information content (AvgIpc) is 3.17. The number of ether oxygens (including phenoxy) is 1. The summed E-state index contributed by atoms with van der Waals surface area (Å²) in [6, 6.07) is 9.70. The van der Waals surface area contributed by atoms with Crippen molar-refractivity contribution in [3.8, 4) is 11.8 Å². The first-order chi connectivity index (χ1) is 18.3. The molecule has 0 radical (unpaired) electrons. The molecule has 3 heterocycles. The van der Waals surface area contributed by atoms with Crippen molar-refractivity contribution >= 4 is 46.1 Å². The molecule has 1 amide bonds. The molecule has 2 aromatic rings. The molecule has 0 bridgehead atoms. The van der Waals surface area contributed by atoms with Crippen LogP contribution in [0.1, 0.15) is 61.8 Å². The fourth-order valence-corrected chi connectivity index (χ4v) is 6.31. The number of methoxy groups -OCH3 is 1. The monoisotopic (exact) mass is 550 g/mol. The van der Waals surface area contributed by atoms with Gasteiger partial charge in [-0.2, -0.15) is 5.26 Å². The highest BCUT2D eigenvalue weighted by Crippen LogP contribution is 2.37. The second-order valence-corrected chi connectivity index (χ2v) is 11.6. The van der Waals surface area contributed by atoms with Crippen LogP contribution in [0.3, 0.4) is 0 Å². The number of nitrogens with zero attached hydrogens (tertiary/aromatic N) is 4. The number of thiocarbonyl (C=S) groups is 1. The van der Waals surface area contributed by atoms with E-state index in [0.29, 0.717) is 33.8 Å². The minimum absolute atomic E-state index is 0.134. The normalized spacial score (nSPS) is 18.8. The zero-order valence-corrected chi connectivity index (χ0v) is 24.1. The number of thioether (sulfide) groups is 1. The van der Waals surface area contributed by atoms with Crippen LogP contribution in [0.2, 0.25) is 0 Å². The van der Waals surface area contributed by atoms with Crippen molar-refractivity contribution in [3.63, 3.8) is 0 Å². The summed E-state index contributed by atoms with van der Waals surface area (Å²) in [5.41, 5.74) is 2.20. The Labute approximate surface area is 234 Å². The van der Waals surface area contributed by atoms with E-state index in [1.165, 1.54) is 11.8 Å². The van der Waals surface area contributed by atoms with E-state index in [4.69, 9.17) is 17.0 Å². The molecular weight excluding hydrogens is 516 g/mol. The van der Waals surface area contributed by atoms with E-state index in [2.05, 4.69) is 24.8 Å². The van der Waals surface area contributed by atoms with Crippen molar-refractivity contribution < 1.29 is 9.53 Å². The number of rotatable bonds is 8. The molecule has 1 unspecified atom stereocenters. The largest absolute Gasteiger partial charge is 0.497 e. The predicted molar refractivity (Wildman–Crippen MR) is 157 cm³/mol. The van der Waals surface area contributed by atoms with Gasteiger partial charge in [0.25, 0.3) is 11.5 Å². The molecule has 2 aliphatic rings. The first kappa shape index (κ1) is 27.9. The summed E-state index contributed by atoms with van der Waals surface area (Å²) < 4.78 is 7.48. The zero-order valence-electron chi connectivity index (χ0n) is 22.5. The molecule has 1 aromatic heterocycles. The maximum absolute atomic E-state index is 13.6. The minimum atomic E-state index is -0.254. The third kappa shape index (κ3) is 5.67. The lowest BCUT2D eigenvalue weighted by Crippen LogP contribution is -2.40. The number of unbranched alkanes of at least 4 members (excludes halogenated alkanes) is 1. The van der Waals surface area contributed by atoms with Crippen LogP contribution < -0.4 is 15.2 Å². The topological polar surface area (TPSA) is 78.6 Å². The molecule has 200 valence electrons. The van der Waals surface area contributed by atoms with Gasteiger partial charge in [-0.3, -0.25) is 19.1 Å². The Hall–Kier alpha value is -3.09. The van der Waals surface area contributed by atoms with E-state index < -0.39 is 0 Å². The molecule has 2 saturated heterocycles. The molecule has 0 saturated carbocycles. The molecule has 0 N–H and O–H groups in total. The minimum Gasteiger partial charge on any atom is -0.497 e. The quantitative estimate of drug-likeness (QED) is 0.318. The molecule has 1 atom stereocenters. The van der Waals surface area contributed by atoms with Gasteiger partial charge in [0.2, 0.25) is 0 Å². The lowest BCUT2D eigenvalue weighted by Gasteiger charge is -2.36. The number of amides is 1. The summed E-state index contributed by atoms with van der Waals surface area (Å²) in [4.78, 5) is 31.4. The Morgan fingerprint density at radius 3 is 2.63 bits per heavy atom. The van der Waals surface area contributed by atoms with Gasteiger partial charge in [-0.1, -0.05) is 56.4 Å². The van der Waals surface area contributed by atoms with Crippen LogP contribution in [-0.2, 0) is 17.9 Å². The van der Waals surface area contributed by atoms with Crippen molar-refractivity contribution in [2.75, 3.05) is 25.1 Å². The fourth-order valence-electron chi connectivity index (χ4n) is 5.07. The lowest BCUT2D eigenvalue weighted by molar-refractivity contribution is -0.122. The van der Waals surface area contributed by atoms with Crippen molar-refractivity contribution in [1.29, 1.82) is 5.26 Å². The first-order valence-corrected chi connectivity index (χ1v) is 14.3. The molecule has 4 rings (SSSR count). The zero-order chi connectivity index (χ0) is 27.4. The first-order valence-electron chi connectivity index (χ1n) is 13.1. The van der Waals surface area contributed by atoms with Crippen LogP contribution >= 0.6 is 24.0 Å². The van der Waals surface area contributed by atoms with Crippen LogP contribution in [0.25, 0.3) is 6.08 Å². The van der Waals surface area contributed by atoms with Crippen LogP contribution in [0.5, 0.6) is 5.75 Å². The molecule has 0 spiro atoms. The van der Waals surface area contributed by atoms with Crippen LogP contribution in [-0.4, -0.2) is 39.9 Å². The van der Waals surface area contributed by atoms with E-state index in [0.717, 1.165) is 61.5 Å². The molecule has 2 fully saturated rings. The van der Waals surface area contributed by atoms with Gasteiger partial charge in [0.1, 0.15) is 27.5 Å². The van der Waals surface area contributed by atoms with Gasteiger partial charge in [-0.05, 0) is 61.4 Å². The van der Waals surface area contributed by atoms with E-state index in [1.807, 2.05) is 37.3 Å². The summed E-state index contributed by atoms with van der Waals surface area (Å²) in [6.45, 7) is 8.68. The number of pyridine rings is 1. The standard InChI is InChI=1S/C29H34N4O3S2/c1-5-6-14-32-26(31-13-7-8-19(2)17-31)23(20(3)24(16-30)27(32)34)15-25-28(35)33(29(37)38-25)18-21-9-11-22(36-4)12-10-21/h9-12,15,19H,5-8,13-14,17-18H2,1-4H3. The maximum Gasteiger partial charge on any atom is 0.270 e. The van der Waals surface area contributed by atoms with E-state index in [9.17, 15) is 14.9 Å². The Kier molecular flexibility index (Phi) is 8.95. The fraction of sp³-hybridized carbons (Fsp3) is 0.448. The average molecular weight is 551 g/mol. The summed E-state index contributed by atoms with van der Waals surface area (Å²) in [5, 5.41) is 9.91. The molecule has 7 nitrogen and oxygen atoms in total. The van der Waals surface area contributed by atoms with Gasteiger partial charge in [0.15, 0.2) is 0 Å². The van der Waals surface area contributed by atoms with Gasteiger partial charge in [-0.25, -0.2) is 0 Å². The second-order valence-electron chi connectivity index (χ2n) is 9.97. The predicted octanol–water partition coefficient (Wildman–Crippen LogP) is 5.47. The third-order valence-corrected chi connectivity index (χ3v) is 8.56. The number of carbonyl (C=O) groups is 1. The van der Waals surface area contributed by atoms with Gasteiger partial charge in [0.05, 0.1) is 18.6 Å². The van der Waals surface area contributed by atoms with Gasteiger partial charge in [-0.15, -0.1) is 0 Å². The number of hydrogen-bond donors (Lipinski definition) is 0. The highest BCUT2D eigenvalue weighted by Gasteiger charge is 2.34. The van der Waals surface area contributed by atoms with E-state index >= 15 is 0 Å². The van der Waals surface area contributed by atoms with Crippen LogP contribution in [0.4, 0.5) is 5.82 Å². The summed E-state index contributed by atoms with van der Waals surface area (Å²) in [5.74, 6) is 1.88. The van der Waals surface area contributed by atoms with Crippen LogP contribution in [0, 0.1) is 24.2 Å². The van der Waals surface area contributed by atoms with Crippen LogP contribution in [0.15, 0.2) is 34.0 Å². The SMILES string of the molecule is CCCCn1c(N2CCCC(C)C2)c(C=C2SC(=S)N(Cc3ccc(OC)cc3)C2=O)c(C)c(C#N)c1=O. The third-order valence-electron chi connectivity index (χ3n) is 7.19. The molecule has 9 heteroatoms. The number of nitriles is 1. The number of carbonyl (C=O) groups excluding carboxylic acids is 1. The highest BCUT2D eigenvalue weighted by atomic mass is 32.2. The molecular formula is C29H34N4O3S2. The second kappa shape index (κ2) is 12.2. The smallest absolute Gasteiger partial charge is 0.270 e. The van der Waals surface area contributed by atoms with Gasteiger partial charge in [0, 0.05) is 25.2 Å². The summed E-state index contributed by atoms with van der Waals surface area (Å²) in [7, 11) is 1.62. The molecule has 0 aliphatic carbocycles. The summed E-state index contributed by atoms with van der Waals surface area (Å²) in [6.07, 6.45) is 5.78. The number of piperidine rings is 1. The number of benzene rings is 1. The van der Waals surface area contributed by atoms with Gasteiger partial charge < -0.3 is 9.64 Å². The number of aromatic nitrogens is 1. The molecule has 2 aliphatic heterocycles. The van der Waals surface area contributed by atoms with Crippen molar-refractivity contribution in [1.82, 2.24) is 9.47 Å². The Bertz CT molecular complexity index is 1360. The van der Waals surface area contributed by atoms with E-state index in [1.54, 1.807) is 16.6 Å². The molecule has 38 heavy (non-hydrogen) atoms. The van der Waals surface area contributed by atoms with Crippen molar-refractivity contribution in [2.24, 2.45) is 5.92 Å². The number of anilines is 1. The van der Waals surface area contributed by atoms with Gasteiger partial charge >= 0.3 is 0 Å². The highest BCUT2D eigenvalue weighted by molar-refractivity contribution is 8.26. The Morgan fingerprint density at radius 1 is 1.26 bits per heavy atom. The Morgan fingerprint density at radius 2 is 2.00 bits per heavy atom. The van der Waals surface area contributed by atoms with E-state index in [-0.39, 0.29) is 17.0 Å². The summed E-state index contributed by atoms with van der Waals surface area (Å²) >= 11 is 6.87.